The zero-order valence-corrected chi connectivity index (χ0v) is 14.9. The molecule has 4 rings (SSSR count). The summed E-state index contributed by atoms with van der Waals surface area (Å²) in [5, 5.41) is 6.12. The molecule has 3 heterocycles. The summed E-state index contributed by atoms with van der Waals surface area (Å²) in [7, 11) is -3.39. The predicted molar refractivity (Wildman–Crippen MR) is 95.0 cm³/mol. The number of aromatic amines is 1. The average Bonchev–Trinajstić information content (AvgIpc) is 3.25. The first-order valence-electron chi connectivity index (χ1n) is 8.27. The van der Waals surface area contributed by atoms with E-state index in [1.165, 1.54) is 23.3 Å². The highest BCUT2D eigenvalue weighted by molar-refractivity contribution is 7.91. The normalized spacial score (nSPS) is 14.9. The van der Waals surface area contributed by atoms with Crippen molar-refractivity contribution >= 4 is 15.7 Å². The van der Waals surface area contributed by atoms with E-state index < -0.39 is 15.1 Å². The highest BCUT2D eigenvalue weighted by atomic mass is 32.2. The number of rotatable bonds is 5. The van der Waals surface area contributed by atoms with E-state index in [9.17, 15) is 17.6 Å². The molecule has 27 heavy (non-hydrogen) atoms. The van der Waals surface area contributed by atoms with Crippen molar-refractivity contribution in [1.82, 2.24) is 15.1 Å². The highest BCUT2D eigenvalue weighted by Crippen LogP contribution is 2.24. The molecule has 0 aliphatic carbocycles. The van der Waals surface area contributed by atoms with Crippen LogP contribution in [0.5, 0.6) is 0 Å². The molecule has 1 amide bonds. The second-order valence-electron chi connectivity index (χ2n) is 6.39. The first-order chi connectivity index (χ1) is 12.9. The zero-order chi connectivity index (χ0) is 19.0. The third-order valence-electron chi connectivity index (χ3n) is 4.51. The molecule has 0 atom stereocenters. The Kier molecular flexibility index (Phi) is 4.31. The number of carbonyl (C=O) groups is 1. The number of sulfone groups is 1. The molecule has 1 aliphatic heterocycles. The number of H-pyrrole nitrogens is 1. The fraction of sp³-hybridized carbons (Fsp3) is 0.222. The Balaban J connectivity index is 1.40. The summed E-state index contributed by atoms with van der Waals surface area (Å²) in [4.78, 5) is 13.9. The van der Waals surface area contributed by atoms with Crippen molar-refractivity contribution in [2.24, 2.45) is 0 Å². The Morgan fingerprint density at radius 2 is 2.00 bits per heavy atom. The van der Waals surface area contributed by atoms with Gasteiger partial charge in [-0.1, -0.05) is 0 Å². The lowest BCUT2D eigenvalue weighted by molar-refractivity contribution is 0.0652. The number of aromatic nitrogens is 2. The van der Waals surface area contributed by atoms with Crippen LogP contribution in [-0.4, -0.2) is 47.8 Å². The first-order valence-corrected chi connectivity index (χ1v) is 9.98. The molecule has 1 aromatic carbocycles. The van der Waals surface area contributed by atoms with Crippen LogP contribution in [0.1, 0.15) is 16.2 Å². The van der Waals surface area contributed by atoms with Crippen molar-refractivity contribution in [2.45, 2.75) is 11.0 Å². The van der Waals surface area contributed by atoms with Gasteiger partial charge in [0.25, 0.3) is 5.91 Å². The number of carbonyl (C=O) groups excluding carboxylic acids is 1. The van der Waals surface area contributed by atoms with Crippen molar-refractivity contribution in [3.05, 3.63) is 66.0 Å². The summed E-state index contributed by atoms with van der Waals surface area (Å²) < 4.78 is 42.8. The van der Waals surface area contributed by atoms with Crippen molar-refractivity contribution in [3.63, 3.8) is 0 Å². The van der Waals surface area contributed by atoms with E-state index in [2.05, 4.69) is 10.2 Å². The van der Waals surface area contributed by atoms with Crippen molar-refractivity contribution in [2.75, 3.05) is 13.1 Å². The van der Waals surface area contributed by atoms with Crippen molar-refractivity contribution in [3.8, 4) is 11.3 Å². The van der Waals surface area contributed by atoms with Gasteiger partial charge >= 0.3 is 0 Å². The quantitative estimate of drug-likeness (QED) is 0.722. The van der Waals surface area contributed by atoms with E-state index in [-0.39, 0.29) is 36.3 Å². The fourth-order valence-corrected chi connectivity index (χ4v) is 4.52. The van der Waals surface area contributed by atoms with E-state index in [0.717, 1.165) is 0 Å². The minimum absolute atomic E-state index is 0.132. The molecule has 0 spiro atoms. The number of benzene rings is 1. The van der Waals surface area contributed by atoms with Gasteiger partial charge in [0.1, 0.15) is 23.0 Å². The molecule has 0 bridgehead atoms. The maximum Gasteiger partial charge on any atom is 0.271 e. The van der Waals surface area contributed by atoms with Gasteiger partial charge in [0.2, 0.25) is 0 Å². The van der Waals surface area contributed by atoms with Gasteiger partial charge in [-0.2, -0.15) is 5.10 Å². The molecule has 1 N–H and O–H groups in total. The third-order valence-corrected chi connectivity index (χ3v) is 6.52. The molecule has 3 aromatic rings. The number of hydrogen-bond acceptors (Lipinski definition) is 5. The Morgan fingerprint density at radius 3 is 2.67 bits per heavy atom. The van der Waals surface area contributed by atoms with Crippen molar-refractivity contribution in [1.29, 1.82) is 0 Å². The molecular formula is C18H16FN3O4S. The Labute approximate surface area is 154 Å². The lowest BCUT2D eigenvalue weighted by Crippen LogP contribution is -2.57. The van der Waals surface area contributed by atoms with Crippen molar-refractivity contribution < 1.29 is 22.0 Å². The number of furan rings is 1. The number of halogens is 1. The van der Waals surface area contributed by atoms with Gasteiger partial charge in [-0.25, -0.2) is 12.8 Å². The maximum atomic E-state index is 13.0. The lowest BCUT2D eigenvalue weighted by Gasteiger charge is -2.38. The van der Waals surface area contributed by atoms with Crippen LogP contribution in [0.4, 0.5) is 4.39 Å². The lowest BCUT2D eigenvalue weighted by atomic mass is 10.1. The molecule has 0 unspecified atom stereocenters. The Morgan fingerprint density at radius 1 is 1.26 bits per heavy atom. The summed E-state index contributed by atoms with van der Waals surface area (Å²) in [6.07, 6.45) is 1.43. The van der Waals surface area contributed by atoms with Gasteiger partial charge in [0, 0.05) is 18.7 Å². The van der Waals surface area contributed by atoms with Crippen LogP contribution < -0.4 is 0 Å². The molecule has 9 heteroatoms. The van der Waals surface area contributed by atoms with Crippen LogP contribution in [0.3, 0.4) is 0 Å². The molecule has 1 fully saturated rings. The van der Waals surface area contributed by atoms with E-state index in [0.29, 0.717) is 17.0 Å². The van der Waals surface area contributed by atoms with Crippen LogP contribution in [0.2, 0.25) is 0 Å². The molecule has 1 saturated heterocycles. The van der Waals surface area contributed by atoms with Crippen LogP contribution in [0.25, 0.3) is 11.3 Å². The summed E-state index contributed by atoms with van der Waals surface area (Å²) in [6.45, 7) is 0.263. The minimum Gasteiger partial charge on any atom is -0.468 e. The van der Waals surface area contributed by atoms with Crippen LogP contribution in [0, 0.1) is 5.82 Å². The van der Waals surface area contributed by atoms with E-state index in [1.54, 1.807) is 30.3 Å². The van der Waals surface area contributed by atoms with Gasteiger partial charge in [-0.3, -0.25) is 9.89 Å². The summed E-state index contributed by atoms with van der Waals surface area (Å²) in [5.74, 6) is -0.462. The van der Waals surface area contributed by atoms with Gasteiger partial charge in [-0.05, 0) is 42.5 Å². The largest absolute Gasteiger partial charge is 0.468 e. The molecule has 140 valence electrons. The van der Waals surface area contributed by atoms with Gasteiger partial charge < -0.3 is 9.32 Å². The SMILES string of the molecule is O=C(c1cc(-c2ccc(F)cc2)n[nH]1)N1CC(S(=O)(=O)Cc2ccco2)C1. The second kappa shape index (κ2) is 6.66. The van der Waals surface area contributed by atoms with Crippen LogP contribution in [0.15, 0.2) is 53.1 Å². The topological polar surface area (TPSA) is 96.3 Å². The molecular weight excluding hydrogens is 373 g/mol. The smallest absolute Gasteiger partial charge is 0.271 e. The molecule has 1 aliphatic rings. The molecule has 0 radical (unpaired) electrons. The van der Waals surface area contributed by atoms with E-state index in [1.807, 2.05) is 0 Å². The number of nitrogens with zero attached hydrogens (tertiary/aromatic N) is 2. The number of amides is 1. The van der Waals surface area contributed by atoms with Gasteiger partial charge in [-0.15, -0.1) is 0 Å². The monoisotopic (exact) mass is 389 g/mol. The first kappa shape index (κ1) is 17.5. The zero-order valence-electron chi connectivity index (χ0n) is 14.1. The molecule has 2 aromatic heterocycles. The Hall–Kier alpha value is -2.94. The molecule has 7 nitrogen and oxygen atoms in total. The summed E-state index contributed by atoms with van der Waals surface area (Å²) in [6, 6.07) is 10.6. The Bertz CT molecular complexity index is 1050. The van der Waals surface area contributed by atoms with E-state index in [4.69, 9.17) is 4.42 Å². The highest BCUT2D eigenvalue weighted by Gasteiger charge is 2.40. The fourth-order valence-electron chi connectivity index (χ4n) is 2.91. The number of hydrogen-bond donors (Lipinski definition) is 1. The van der Waals surface area contributed by atoms with Crippen LogP contribution in [-0.2, 0) is 15.6 Å². The minimum atomic E-state index is -3.39. The maximum absolute atomic E-state index is 13.0. The second-order valence-corrected chi connectivity index (χ2v) is 8.67. The number of nitrogens with one attached hydrogen (secondary N) is 1. The van der Waals surface area contributed by atoms with E-state index >= 15 is 0 Å². The molecule has 0 saturated carbocycles. The van der Waals surface area contributed by atoms with Gasteiger partial charge in [0.05, 0.1) is 17.2 Å². The average molecular weight is 389 g/mol. The predicted octanol–water partition coefficient (Wildman–Crippen LogP) is 2.25. The summed E-state index contributed by atoms with van der Waals surface area (Å²) in [5.41, 5.74) is 1.45. The number of likely N-dealkylation sites (tertiary alicyclic amines) is 1. The van der Waals surface area contributed by atoms with Crippen LogP contribution >= 0.6 is 0 Å². The van der Waals surface area contributed by atoms with Gasteiger partial charge in [0.15, 0.2) is 9.84 Å². The third kappa shape index (κ3) is 3.50. The summed E-state index contributed by atoms with van der Waals surface area (Å²) >= 11 is 0. The standard InChI is InChI=1S/C18H16FN3O4S/c19-13-5-3-12(4-6-13)16-8-17(21-20-16)18(23)22-9-15(10-22)27(24,25)11-14-2-1-7-26-14/h1-8,15H,9-11H2,(H,20,21).